The van der Waals surface area contributed by atoms with Crippen molar-refractivity contribution < 1.29 is 0 Å². The van der Waals surface area contributed by atoms with Gasteiger partial charge in [0.15, 0.2) is 5.82 Å². The molecule has 8 heteroatoms. The van der Waals surface area contributed by atoms with Crippen LogP contribution < -0.4 is 10.5 Å². The lowest BCUT2D eigenvalue weighted by Gasteiger charge is -2.40. The summed E-state index contributed by atoms with van der Waals surface area (Å²) in [5.41, 5.74) is 4.66. The van der Waals surface area contributed by atoms with Gasteiger partial charge in [-0.2, -0.15) is 0 Å². The molecule has 0 saturated carbocycles. The van der Waals surface area contributed by atoms with Gasteiger partial charge in [0.05, 0.1) is 11.1 Å². The zero-order valence-electron chi connectivity index (χ0n) is 21.8. The third-order valence-corrected chi connectivity index (χ3v) is 7.59. The minimum atomic E-state index is -0.349. The van der Waals surface area contributed by atoms with Gasteiger partial charge in [-0.3, -0.25) is 9.69 Å². The number of anilines is 1. The molecule has 36 heavy (non-hydrogen) atoms. The van der Waals surface area contributed by atoms with Crippen LogP contribution in [-0.4, -0.2) is 56.3 Å². The van der Waals surface area contributed by atoms with Crippen LogP contribution in [-0.2, 0) is 5.54 Å². The van der Waals surface area contributed by atoms with E-state index < -0.39 is 0 Å². The number of piperazine rings is 1. The van der Waals surface area contributed by atoms with E-state index in [-0.39, 0.29) is 17.1 Å². The number of hydrogen-bond donors (Lipinski definition) is 1. The predicted octanol–water partition coefficient (Wildman–Crippen LogP) is 4.19. The fourth-order valence-electron chi connectivity index (χ4n) is 5.23. The van der Waals surface area contributed by atoms with E-state index in [9.17, 15) is 4.79 Å². The lowest BCUT2D eigenvalue weighted by Crippen LogP contribution is -2.49. The Balaban J connectivity index is 1.60. The Morgan fingerprint density at radius 1 is 1.03 bits per heavy atom. The maximum absolute atomic E-state index is 13.6. The van der Waals surface area contributed by atoms with E-state index >= 15 is 0 Å². The number of benzene rings is 2. The van der Waals surface area contributed by atoms with E-state index in [0.717, 1.165) is 49.1 Å². The van der Waals surface area contributed by atoms with Crippen molar-refractivity contribution in [3.63, 3.8) is 0 Å². The highest BCUT2D eigenvalue weighted by molar-refractivity contribution is 5.83. The molecule has 5 rings (SSSR count). The number of aromatic nitrogens is 5. The van der Waals surface area contributed by atoms with Gasteiger partial charge in [-0.25, -0.2) is 4.68 Å². The number of para-hydroxylation sites is 1. The number of nitrogens with one attached hydrogen (secondary N) is 1. The number of H-pyrrole nitrogens is 1. The van der Waals surface area contributed by atoms with E-state index in [1.54, 1.807) is 0 Å². The highest BCUT2D eigenvalue weighted by Crippen LogP contribution is 2.32. The molecule has 2 aromatic heterocycles. The molecule has 1 aliphatic heterocycles. The van der Waals surface area contributed by atoms with Crippen LogP contribution in [0.4, 0.5) is 5.69 Å². The van der Waals surface area contributed by atoms with E-state index in [1.807, 2.05) is 23.7 Å². The van der Waals surface area contributed by atoms with Crippen molar-refractivity contribution in [1.29, 1.82) is 0 Å². The maximum Gasteiger partial charge on any atom is 0.253 e. The SMILES string of the molecule is CCC(C)(C)n1nnnc1C(c1cc2cc(C)cc(C)c2[nH]c1=O)N1CCN(c2ccccc2)CC1. The summed E-state index contributed by atoms with van der Waals surface area (Å²) in [4.78, 5) is 21.5. The Morgan fingerprint density at radius 2 is 1.75 bits per heavy atom. The van der Waals surface area contributed by atoms with Crippen LogP contribution in [0.3, 0.4) is 0 Å². The van der Waals surface area contributed by atoms with Gasteiger partial charge in [-0.15, -0.1) is 5.10 Å². The number of rotatable bonds is 6. The Hall–Kier alpha value is -3.52. The Kier molecular flexibility index (Phi) is 6.38. The lowest BCUT2D eigenvalue weighted by molar-refractivity contribution is 0.186. The number of fused-ring (bicyclic) bond motifs is 1. The van der Waals surface area contributed by atoms with E-state index in [1.165, 1.54) is 11.3 Å². The van der Waals surface area contributed by atoms with Gasteiger partial charge < -0.3 is 9.88 Å². The average Bonchev–Trinajstić information content (AvgIpc) is 3.36. The number of nitrogens with zero attached hydrogens (tertiary/aromatic N) is 6. The second kappa shape index (κ2) is 9.50. The highest BCUT2D eigenvalue weighted by Gasteiger charge is 2.35. The Labute approximate surface area is 211 Å². The molecule has 0 bridgehead atoms. The van der Waals surface area contributed by atoms with Crippen LogP contribution in [0.15, 0.2) is 53.3 Å². The number of hydrogen-bond acceptors (Lipinski definition) is 6. The molecule has 1 N–H and O–H groups in total. The van der Waals surface area contributed by atoms with Crippen LogP contribution in [0.5, 0.6) is 0 Å². The number of pyridine rings is 1. The fourth-order valence-corrected chi connectivity index (χ4v) is 5.23. The Morgan fingerprint density at radius 3 is 2.44 bits per heavy atom. The van der Waals surface area contributed by atoms with E-state index in [2.05, 4.69) is 94.4 Å². The zero-order chi connectivity index (χ0) is 25.4. The standard InChI is InChI=1S/C28H35N7O/c1-6-28(4,5)35-26(30-31-32-35)25(34-14-12-33(13-15-34)22-10-8-7-9-11-22)23-18-21-17-19(2)16-20(3)24(21)29-27(23)36/h7-11,16-18,25H,6,12-15H2,1-5H3,(H,29,36). The number of aromatic amines is 1. The van der Waals surface area contributed by atoms with Crippen molar-refractivity contribution >= 4 is 16.6 Å². The minimum absolute atomic E-state index is 0.0891. The first-order valence-corrected chi connectivity index (χ1v) is 12.8. The van der Waals surface area contributed by atoms with Gasteiger partial charge in [0.25, 0.3) is 5.56 Å². The van der Waals surface area contributed by atoms with E-state index in [4.69, 9.17) is 0 Å². The lowest BCUT2D eigenvalue weighted by atomic mass is 9.98. The molecule has 1 unspecified atom stereocenters. The van der Waals surface area contributed by atoms with Gasteiger partial charge >= 0.3 is 0 Å². The number of tetrazole rings is 1. The zero-order valence-corrected chi connectivity index (χ0v) is 21.8. The van der Waals surface area contributed by atoms with Gasteiger partial charge in [-0.1, -0.05) is 36.8 Å². The minimum Gasteiger partial charge on any atom is -0.369 e. The average molecular weight is 486 g/mol. The summed E-state index contributed by atoms with van der Waals surface area (Å²) in [6.45, 7) is 13.8. The molecule has 1 saturated heterocycles. The molecular weight excluding hydrogens is 450 g/mol. The van der Waals surface area contributed by atoms with Crippen molar-refractivity contribution in [3.05, 3.63) is 81.4 Å². The monoisotopic (exact) mass is 485 g/mol. The van der Waals surface area contributed by atoms with E-state index in [0.29, 0.717) is 11.4 Å². The summed E-state index contributed by atoms with van der Waals surface area (Å²) in [6, 6.07) is 16.4. The van der Waals surface area contributed by atoms with Gasteiger partial charge in [0, 0.05) is 37.4 Å². The van der Waals surface area contributed by atoms with Crippen LogP contribution in [0.25, 0.3) is 10.9 Å². The van der Waals surface area contributed by atoms with Crippen LogP contribution in [0.1, 0.15) is 55.7 Å². The van der Waals surface area contributed by atoms with Gasteiger partial charge in [0.1, 0.15) is 6.04 Å². The summed E-state index contributed by atoms with van der Waals surface area (Å²) >= 11 is 0. The summed E-state index contributed by atoms with van der Waals surface area (Å²) < 4.78 is 1.91. The normalized spacial score (nSPS) is 16.0. The second-order valence-electron chi connectivity index (χ2n) is 10.5. The molecule has 1 fully saturated rings. The molecular formula is C28H35N7O. The molecule has 8 nitrogen and oxygen atoms in total. The van der Waals surface area contributed by atoms with Crippen LogP contribution in [0, 0.1) is 13.8 Å². The first-order valence-electron chi connectivity index (χ1n) is 12.8. The smallest absolute Gasteiger partial charge is 0.253 e. The summed E-state index contributed by atoms with van der Waals surface area (Å²) in [6.07, 6.45) is 0.867. The summed E-state index contributed by atoms with van der Waals surface area (Å²) in [5.74, 6) is 0.712. The third kappa shape index (κ3) is 4.41. The second-order valence-corrected chi connectivity index (χ2v) is 10.5. The molecule has 1 atom stereocenters. The number of aryl methyl sites for hydroxylation is 2. The fraction of sp³-hybridized carbons (Fsp3) is 0.429. The van der Waals surface area contributed by atoms with Crippen molar-refractivity contribution in [3.8, 4) is 0 Å². The quantitative estimate of drug-likeness (QED) is 0.441. The highest BCUT2D eigenvalue weighted by atomic mass is 16.1. The molecule has 3 heterocycles. The van der Waals surface area contributed by atoms with Crippen molar-refractivity contribution in [2.45, 2.75) is 52.6 Å². The molecule has 2 aromatic carbocycles. The first kappa shape index (κ1) is 24.2. The largest absolute Gasteiger partial charge is 0.369 e. The molecule has 4 aromatic rings. The molecule has 0 amide bonds. The summed E-state index contributed by atoms with van der Waals surface area (Å²) in [5, 5.41) is 14.0. The molecule has 0 spiro atoms. The molecule has 1 aliphatic rings. The topological polar surface area (TPSA) is 82.9 Å². The van der Waals surface area contributed by atoms with Crippen LogP contribution >= 0.6 is 0 Å². The Bertz CT molecular complexity index is 1420. The van der Waals surface area contributed by atoms with Gasteiger partial charge in [-0.05, 0) is 79.8 Å². The predicted molar refractivity (Wildman–Crippen MR) is 144 cm³/mol. The van der Waals surface area contributed by atoms with Gasteiger partial charge in [0.2, 0.25) is 0 Å². The third-order valence-electron chi connectivity index (χ3n) is 7.59. The van der Waals surface area contributed by atoms with Crippen molar-refractivity contribution in [2.75, 3.05) is 31.1 Å². The maximum atomic E-state index is 13.6. The molecule has 188 valence electrons. The van der Waals surface area contributed by atoms with Crippen molar-refractivity contribution in [2.24, 2.45) is 0 Å². The molecule has 0 radical (unpaired) electrons. The summed E-state index contributed by atoms with van der Waals surface area (Å²) in [7, 11) is 0. The van der Waals surface area contributed by atoms with Crippen molar-refractivity contribution in [1.82, 2.24) is 30.1 Å². The first-order chi connectivity index (χ1) is 17.3. The van der Waals surface area contributed by atoms with Crippen LogP contribution in [0.2, 0.25) is 0 Å². The molecule has 0 aliphatic carbocycles.